The van der Waals surface area contributed by atoms with Crippen LogP contribution in [-0.2, 0) is 6.18 Å². The maximum absolute atomic E-state index is 17.4. The summed E-state index contributed by atoms with van der Waals surface area (Å²) in [6, 6.07) is 58.9. The molecule has 12 rings (SSSR count). The fourth-order valence-electron chi connectivity index (χ4n) is 12.1. The van der Waals surface area contributed by atoms with Crippen molar-refractivity contribution >= 4 is 43.6 Å². The van der Waals surface area contributed by atoms with Gasteiger partial charge in [-0.3, -0.25) is 0 Å². The number of aromatic nitrogens is 2. The molecule has 10 aromatic carbocycles. The number of hydrogen-bond acceptors (Lipinski definition) is 1. The second-order valence-corrected chi connectivity index (χ2v) is 21.0. The lowest BCUT2D eigenvalue weighted by Gasteiger charge is -2.23. The fourth-order valence-corrected chi connectivity index (χ4v) is 12.1. The van der Waals surface area contributed by atoms with Gasteiger partial charge in [-0.2, -0.15) is 18.4 Å². The predicted molar refractivity (Wildman–Crippen MR) is 310 cm³/mol. The first kappa shape index (κ1) is 48.9. The molecule has 7 heteroatoms. The first-order chi connectivity index (χ1) is 36.9. The lowest BCUT2D eigenvalue weighted by atomic mass is 9.93. The molecule has 0 saturated carbocycles. The van der Waals surface area contributed by atoms with Crippen LogP contribution >= 0.6 is 0 Å². The first-order valence-electron chi connectivity index (χ1n) is 25.9. The second kappa shape index (κ2) is 18.4. The summed E-state index contributed by atoms with van der Waals surface area (Å²) < 4.78 is 68.8. The van der Waals surface area contributed by atoms with E-state index in [1.54, 1.807) is 12.1 Å². The summed E-state index contributed by atoms with van der Waals surface area (Å²) in [7, 11) is 0. The number of nitrogens with zero attached hydrogens (tertiary/aromatic N) is 3. The number of aryl methyl sites for hydroxylation is 8. The molecule has 0 saturated heterocycles. The molecular weight excluding hydrogens is 959 g/mol. The number of hydrogen-bond donors (Lipinski definition) is 0. The van der Waals surface area contributed by atoms with Crippen LogP contribution in [0.1, 0.15) is 55.6 Å². The Labute approximate surface area is 445 Å². The van der Waals surface area contributed by atoms with Crippen LogP contribution in [-0.4, -0.2) is 9.13 Å². The van der Waals surface area contributed by atoms with Gasteiger partial charge in [0.2, 0.25) is 0 Å². The van der Waals surface area contributed by atoms with Gasteiger partial charge in [0.25, 0.3) is 0 Å². The van der Waals surface area contributed by atoms with E-state index in [4.69, 9.17) is 0 Å². The van der Waals surface area contributed by atoms with E-state index in [2.05, 4.69) is 159 Å². The minimum absolute atomic E-state index is 0.0131. The second-order valence-electron chi connectivity index (χ2n) is 21.0. The van der Waals surface area contributed by atoms with Crippen LogP contribution in [0.2, 0.25) is 0 Å². The van der Waals surface area contributed by atoms with Gasteiger partial charge in [-0.15, -0.1) is 0 Å². The lowest BCUT2D eigenvalue weighted by molar-refractivity contribution is -0.137. The van der Waals surface area contributed by atoms with Gasteiger partial charge in [0.15, 0.2) is 0 Å². The standard InChI is InChI=1S/C70H53F4N3/c1-39-12-20-52(43(5)28-39)48-16-24-62-56(34-48)57-35-49(53-21-13-40(2)29-44(53)6)17-25-63(57)76(62)66-32-47(38-75)33-67(69(66)68-60(70(72,73)74)10-9-11-61(68)71)77-64-26-18-50(54-22-14-41(3)30-45(54)7)36-58(64)59-37-51(19-27-65(59)77)55-23-15-42(4)31-46(55)8/h9-37H,1-8H3. The van der Waals surface area contributed by atoms with Crippen LogP contribution < -0.4 is 0 Å². The zero-order valence-corrected chi connectivity index (χ0v) is 44.1. The molecule has 0 aliphatic carbocycles. The van der Waals surface area contributed by atoms with Crippen molar-refractivity contribution in [3.63, 3.8) is 0 Å². The quantitative estimate of drug-likeness (QED) is 0.147. The van der Waals surface area contributed by atoms with Crippen molar-refractivity contribution < 1.29 is 17.6 Å². The SMILES string of the molecule is Cc1ccc(-c2ccc3c(c2)c2cc(-c4ccc(C)cc4C)ccc2n3-c2cc(C#N)cc(-n3c4ccc(-c5ccc(C)cc5C)cc4c4cc(-c5ccc(C)cc5C)ccc43)c2-c2c(F)cccc2C(F)(F)F)c(C)c1. The van der Waals surface area contributed by atoms with Gasteiger partial charge in [-0.05, 0) is 195 Å². The molecule has 0 amide bonds. The van der Waals surface area contributed by atoms with Crippen LogP contribution in [0.15, 0.2) is 176 Å². The normalized spacial score (nSPS) is 11.9. The summed E-state index contributed by atoms with van der Waals surface area (Å²) in [5.41, 5.74) is 18.6. The lowest BCUT2D eigenvalue weighted by Crippen LogP contribution is -2.12. The maximum Gasteiger partial charge on any atom is 0.417 e. The highest BCUT2D eigenvalue weighted by molar-refractivity contribution is 6.14. The number of halogens is 4. The zero-order valence-electron chi connectivity index (χ0n) is 44.1. The van der Waals surface area contributed by atoms with Crippen LogP contribution in [0, 0.1) is 72.5 Å². The van der Waals surface area contributed by atoms with Crippen molar-refractivity contribution in [3.05, 3.63) is 237 Å². The molecule has 0 unspecified atom stereocenters. The summed E-state index contributed by atoms with van der Waals surface area (Å²) in [4.78, 5) is 0. The Bertz CT molecular complexity index is 4040. The van der Waals surface area contributed by atoms with E-state index < -0.39 is 23.1 Å². The summed E-state index contributed by atoms with van der Waals surface area (Å²) in [5, 5.41) is 14.5. The Morgan fingerprint density at radius 1 is 0.377 bits per heavy atom. The Hall–Kier alpha value is -8.99. The third-order valence-corrected chi connectivity index (χ3v) is 15.6. The molecule has 0 atom stereocenters. The fraction of sp³-hybridized carbons (Fsp3) is 0.129. The molecule has 77 heavy (non-hydrogen) atoms. The van der Waals surface area contributed by atoms with E-state index >= 15 is 17.6 Å². The Morgan fingerprint density at radius 3 is 0.987 bits per heavy atom. The van der Waals surface area contributed by atoms with E-state index in [-0.39, 0.29) is 22.5 Å². The topological polar surface area (TPSA) is 33.6 Å². The number of rotatable bonds is 7. The number of benzene rings is 10. The van der Waals surface area contributed by atoms with Crippen molar-refractivity contribution in [2.24, 2.45) is 0 Å². The summed E-state index contributed by atoms with van der Waals surface area (Å²) in [6.07, 6.45) is -4.97. The summed E-state index contributed by atoms with van der Waals surface area (Å²) in [5.74, 6) is -1.04. The van der Waals surface area contributed by atoms with E-state index in [0.717, 1.165) is 129 Å². The Balaban J connectivity index is 1.24. The van der Waals surface area contributed by atoms with Gasteiger partial charge in [-0.25, -0.2) is 4.39 Å². The molecule has 0 aliphatic rings. The molecule has 376 valence electrons. The smallest absolute Gasteiger partial charge is 0.308 e. The average Bonchev–Trinajstić information content (AvgIpc) is 3.97. The monoisotopic (exact) mass is 1010 g/mol. The third-order valence-electron chi connectivity index (χ3n) is 15.6. The molecule has 0 spiro atoms. The van der Waals surface area contributed by atoms with Gasteiger partial charge in [0, 0.05) is 32.7 Å². The maximum atomic E-state index is 17.4. The number of fused-ring (bicyclic) bond motifs is 6. The molecule has 2 aromatic heterocycles. The van der Waals surface area contributed by atoms with Crippen molar-refractivity contribution in [2.45, 2.75) is 61.6 Å². The minimum atomic E-state index is -4.97. The van der Waals surface area contributed by atoms with Gasteiger partial charge in [0.05, 0.1) is 50.6 Å². The molecule has 3 nitrogen and oxygen atoms in total. The minimum Gasteiger partial charge on any atom is -0.308 e. The van der Waals surface area contributed by atoms with Crippen LogP contribution in [0.25, 0.3) is 111 Å². The van der Waals surface area contributed by atoms with Crippen LogP contribution in [0.3, 0.4) is 0 Å². The number of alkyl halides is 3. The summed E-state index contributed by atoms with van der Waals surface area (Å²) in [6.45, 7) is 16.6. The molecule has 0 aliphatic heterocycles. The van der Waals surface area contributed by atoms with E-state index in [1.165, 1.54) is 0 Å². The zero-order chi connectivity index (χ0) is 53.8. The van der Waals surface area contributed by atoms with Crippen LogP contribution in [0.4, 0.5) is 17.6 Å². The van der Waals surface area contributed by atoms with Crippen molar-refractivity contribution in [1.29, 1.82) is 5.26 Å². The highest BCUT2D eigenvalue weighted by Crippen LogP contribution is 2.49. The molecule has 0 N–H and O–H groups in total. The van der Waals surface area contributed by atoms with Crippen molar-refractivity contribution in [2.75, 3.05) is 0 Å². The highest BCUT2D eigenvalue weighted by atomic mass is 19.4. The average molecular weight is 1010 g/mol. The van der Waals surface area contributed by atoms with Crippen molar-refractivity contribution in [1.82, 2.24) is 9.13 Å². The van der Waals surface area contributed by atoms with Gasteiger partial charge >= 0.3 is 6.18 Å². The molecule has 0 bridgehead atoms. The Kier molecular flexibility index (Phi) is 11.7. The predicted octanol–water partition coefficient (Wildman–Crippen LogP) is 19.7. The van der Waals surface area contributed by atoms with E-state index in [9.17, 15) is 5.26 Å². The third kappa shape index (κ3) is 8.27. The molecular formula is C70H53F4N3. The van der Waals surface area contributed by atoms with E-state index in [1.807, 2.05) is 57.7 Å². The van der Waals surface area contributed by atoms with Crippen LogP contribution in [0.5, 0.6) is 0 Å². The van der Waals surface area contributed by atoms with Crippen molar-refractivity contribution in [3.8, 4) is 73.1 Å². The van der Waals surface area contributed by atoms with Gasteiger partial charge in [-0.1, -0.05) is 125 Å². The molecule has 0 radical (unpaired) electrons. The molecule has 2 heterocycles. The first-order valence-corrected chi connectivity index (χ1v) is 25.9. The van der Waals surface area contributed by atoms with E-state index in [0.29, 0.717) is 22.1 Å². The molecule has 0 fully saturated rings. The largest absolute Gasteiger partial charge is 0.417 e. The highest BCUT2D eigenvalue weighted by Gasteiger charge is 2.37. The van der Waals surface area contributed by atoms with Gasteiger partial charge in [0.1, 0.15) is 5.82 Å². The number of nitriles is 1. The summed E-state index contributed by atoms with van der Waals surface area (Å²) >= 11 is 0. The Morgan fingerprint density at radius 2 is 0.701 bits per heavy atom. The molecule has 12 aromatic rings. The van der Waals surface area contributed by atoms with Gasteiger partial charge < -0.3 is 9.13 Å².